The summed E-state index contributed by atoms with van der Waals surface area (Å²) in [4.78, 5) is 0. The van der Waals surface area contributed by atoms with E-state index >= 15 is 0 Å². The van der Waals surface area contributed by atoms with Crippen LogP contribution in [0.2, 0.25) is 0 Å². The molecule has 0 amide bonds. The number of ether oxygens (including phenoxy) is 1. The predicted molar refractivity (Wildman–Crippen MR) is 167 cm³/mol. The molecule has 37 heavy (non-hydrogen) atoms. The van der Waals surface area contributed by atoms with Crippen LogP contribution in [0.3, 0.4) is 0 Å². The lowest BCUT2D eigenvalue weighted by Gasteiger charge is -2.45. The van der Waals surface area contributed by atoms with Gasteiger partial charge in [0.05, 0.1) is 12.2 Å². The first-order valence-corrected chi connectivity index (χ1v) is 17.1. The summed E-state index contributed by atoms with van der Waals surface area (Å²) >= 11 is 0. The van der Waals surface area contributed by atoms with Gasteiger partial charge in [-0.1, -0.05) is 168 Å². The second kappa shape index (κ2) is 26.1. The first-order valence-electron chi connectivity index (χ1n) is 17.1. The van der Waals surface area contributed by atoms with Crippen molar-refractivity contribution in [2.75, 3.05) is 13.2 Å². The summed E-state index contributed by atoms with van der Waals surface area (Å²) in [5.41, 5.74) is 12.0. The molecule has 224 valence electrons. The van der Waals surface area contributed by atoms with E-state index in [0.717, 1.165) is 12.8 Å². The van der Waals surface area contributed by atoms with E-state index in [9.17, 15) is 0 Å². The second-order valence-corrected chi connectivity index (χ2v) is 12.6. The van der Waals surface area contributed by atoms with Crippen LogP contribution in [0.1, 0.15) is 195 Å². The van der Waals surface area contributed by atoms with Crippen LogP contribution >= 0.6 is 0 Å². The van der Waals surface area contributed by atoms with E-state index in [4.69, 9.17) is 16.2 Å². The third kappa shape index (κ3) is 21.4. The molecular formula is C34H72N2O. The maximum Gasteiger partial charge on any atom is 0.0856 e. The van der Waals surface area contributed by atoms with E-state index in [2.05, 4.69) is 27.7 Å². The monoisotopic (exact) mass is 525 g/mol. The summed E-state index contributed by atoms with van der Waals surface area (Å²) in [5, 5.41) is 0. The Morgan fingerprint density at radius 3 is 0.973 bits per heavy atom. The van der Waals surface area contributed by atoms with Gasteiger partial charge >= 0.3 is 0 Å². The van der Waals surface area contributed by atoms with Crippen LogP contribution in [0.4, 0.5) is 0 Å². The van der Waals surface area contributed by atoms with Crippen LogP contribution in [-0.2, 0) is 4.74 Å². The van der Waals surface area contributed by atoms with Crippen molar-refractivity contribution in [3.63, 3.8) is 0 Å². The topological polar surface area (TPSA) is 61.3 Å². The fourth-order valence-corrected chi connectivity index (χ4v) is 5.86. The van der Waals surface area contributed by atoms with Crippen LogP contribution in [0, 0.1) is 0 Å². The Balaban J connectivity index is 4.14. The van der Waals surface area contributed by atoms with E-state index in [0.29, 0.717) is 13.2 Å². The molecule has 0 bridgehead atoms. The number of hydrogen-bond donors (Lipinski definition) is 2. The highest BCUT2D eigenvalue weighted by molar-refractivity contribution is 4.99. The smallest absolute Gasteiger partial charge is 0.0856 e. The lowest BCUT2D eigenvalue weighted by Crippen LogP contribution is -2.58. The number of hydrogen-bond acceptors (Lipinski definition) is 3. The van der Waals surface area contributed by atoms with Crippen molar-refractivity contribution in [3.8, 4) is 0 Å². The quantitative estimate of drug-likeness (QED) is 0.0918. The number of rotatable bonds is 30. The van der Waals surface area contributed by atoms with Crippen LogP contribution in [0.15, 0.2) is 0 Å². The fraction of sp³-hybridized carbons (Fsp3) is 1.00. The Morgan fingerprint density at radius 2 is 0.730 bits per heavy atom. The minimum atomic E-state index is -0.336. The Hall–Kier alpha value is -0.120. The minimum absolute atomic E-state index is 0.233. The van der Waals surface area contributed by atoms with E-state index in [1.807, 2.05) is 0 Å². The Labute approximate surface area is 235 Å². The molecule has 3 nitrogen and oxygen atoms in total. The van der Waals surface area contributed by atoms with Gasteiger partial charge in [-0.15, -0.1) is 0 Å². The first kappa shape index (κ1) is 36.9. The largest absolute Gasteiger partial charge is 0.372 e. The lowest BCUT2D eigenvalue weighted by molar-refractivity contribution is -0.100. The molecule has 3 heteroatoms. The second-order valence-electron chi connectivity index (χ2n) is 12.6. The van der Waals surface area contributed by atoms with Gasteiger partial charge in [-0.2, -0.15) is 0 Å². The molecule has 0 radical (unpaired) electrons. The van der Waals surface area contributed by atoms with Crippen molar-refractivity contribution in [1.29, 1.82) is 0 Å². The third-order valence-electron chi connectivity index (χ3n) is 8.54. The van der Waals surface area contributed by atoms with E-state index < -0.39 is 0 Å². The highest BCUT2D eigenvalue weighted by Gasteiger charge is 2.42. The molecule has 0 rings (SSSR count). The van der Waals surface area contributed by atoms with Crippen LogP contribution in [-0.4, -0.2) is 24.3 Å². The van der Waals surface area contributed by atoms with Crippen LogP contribution in [0.25, 0.3) is 0 Å². The molecule has 4 N–H and O–H groups in total. The summed E-state index contributed by atoms with van der Waals surface area (Å²) in [6.45, 7) is 10.1. The summed E-state index contributed by atoms with van der Waals surface area (Å²) in [5.74, 6) is 0. The van der Waals surface area contributed by atoms with E-state index in [-0.39, 0.29) is 11.1 Å². The minimum Gasteiger partial charge on any atom is -0.372 e. The van der Waals surface area contributed by atoms with Gasteiger partial charge in [-0.05, 0) is 26.7 Å². The van der Waals surface area contributed by atoms with Gasteiger partial charge in [0.1, 0.15) is 0 Å². The van der Waals surface area contributed by atoms with Gasteiger partial charge in [-0.3, -0.25) is 0 Å². The van der Waals surface area contributed by atoms with Crippen molar-refractivity contribution < 1.29 is 4.74 Å². The molecule has 0 saturated heterocycles. The molecule has 0 aromatic heterocycles. The van der Waals surface area contributed by atoms with Gasteiger partial charge in [0.2, 0.25) is 0 Å². The Morgan fingerprint density at radius 1 is 0.459 bits per heavy atom. The predicted octanol–water partition coefficient (Wildman–Crippen LogP) is 10.6. The maximum atomic E-state index is 6.77. The zero-order valence-electron chi connectivity index (χ0n) is 26.4. The lowest BCUT2D eigenvalue weighted by atomic mass is 9.75. The van der Waals surface area contributed by atoms with Gasteiger partial charge in [0.25, 0.3) is 0 Å². The molecular weight excluding hydrogens is 452 g/mol. The standard InChI is InChI=1S/C34H72N2O/c1-5-7-9-11-13-15-17-19-21-23-25-27-29-34(33(3,4)36,37-32-31-35)30-28-26-24-22-20-18-16-14-12-10-8-6-2/h5-32,35-36H2,1-4H3. The zero-order valence-corrected chi connectivity index (χ0v) is 26.4. The molecule has 0 fully saturated rings. The molecule has 0 heterocycles. The SMILES string of the molecule is CCCCCCCCCCCCCCC(CCCCCCCCCCCCCC)(OCCN)C(C)(C)N. The molecule has 0 atom stereocenters. The highest BCUT2D eigenvalue weighted by Crippen LogP contribution is 2.35. The van der Waals surface area contributed by atoms with Gasteiger partial charge in [0, 0.05) is 12.1 Å². The molecule has 0 aliphatic heterocycles. The molecule has 0 saturated carbocycles. The van der Waals surface area contributed by atoms with Crippen molar-refractivity contribution in [3.05, 3.63) is 0 Å². The number of unbranched alkanes of at least 4 members (excludes halogenated alkanes) is 22. The highest BCUT2D eigenvalue weighted by atomic mass is 16.5. The Bertz CT molecular complexity index is 418. The van der Waals surface area contributed by atoms with Gasteiger partial charge < -0.3 is 16.2 Å². The van der Waals surface area contributed by atoms with Crippen molar-refractivity contribution in [2.24, 2.45) is 11.5 Å². The van der Waals surface area contributed by atoms with E-state index in [1.165, 1.54) is 154 Å². The molecule has 0 spiro atoms. The van der Waals surface area contributed by atoms with Crippen LogP contribution < -0.4 is 11.5 Å². The summed E-state index contributed by atoms with van der Waals surface area (Å²) in [6, 6.07) is 0. The average molecular weight is 525 g/mol. The van der Waals surface area contributed by atoms with Crippen molar-refractivity contribution in [1.82, 2.24) is 0 Å². The third-order valence-corrected chi connectivity index (χ3v) is 8.54. The van der Waals surface area contributed by atoms with Crippen molar-refractivity contribution >= 4 is 0 Å². The average Bonchev–Trinajstić information content (AvgIpc) is 2.87. The van der Waals surface area contributed by atoms with Crippen LogP contribution in [0.5, 0.6) is 0 Å². The first-order chi connectivity index (χ1) is 17.9. The molecule has 0 unspecified atom stereocenters. The summed E-state index contributed by atoms with van der Waals surface area (Å²) < 4.78 is 6.49. The van der Waals surface area contributed by atoms with Crippen molar-refractivity contribution in [2.45, 2.75) is 206 Å². The molecule has 0 aromatic rings. The van der Waals surface area contributed by atoms with Gasteiger partial charge in [0.15, 0.2) is 0 Å². The Kier molecular flexibility index (Phi) is 26.0. The summed E-state index contributed by atoms with van der Waals surface area (Å²) in [6.07, 6.45) is 35.3. The molecule has 0 aliphatic rings. The fourth-order valence-electron chi connectivity index (χ4n) is 5.86. The number of nitrogens with two attached hydrogens (primary N) is 2. The molecule has 0 aromatic carbocycles. The zero-order chi connectivity index (χ0) is 27.5. The summed E-state index contributed by atoms with van der Waals surface area (Å²) in [7, 11) is 0. The normalized spacial score (nSPS) is 12.5. The van der Waals surface area contributed by atoms with Gasteiger partial charge in [-0.25, -0.2) is 0 Å². The maximum absolute atomic E-state index is 6.77. The van der Waals surface area contributed by atoms with E-state index in [1.54, 1.807) is 0 Å². The molecule has 0 aliphatic carbocycles.